The molecule has 0 aliphatic heterocycles. The lowest BCUT2D eigenvalue weighted by atomic mass is 9.86. The summed E-state index contributed by atoms with van der Waals surface area (Å²) in [6.07, 6.45) is 3.01. The smallest absolute Gasteiger partial charge is 0.416 e. The second kappa shape index (κ2) is 11.5. The van der Waals surface area contributed by atoms with Gasteiger partial charge < -0.3 is 10.0 Å². The number of carboxylic acid groups (broad SMARTS) is 1. The summed E-state index contributed by atoms with van der Waals surface area (Å²) in [5.41, 5.74) is 3.48. The summed E-state index contributed by atoms with van der Waals surface area (Å²) in [5.74, 6) is 0.619. The van der Waals surface area contributed by atoms with Gasteiger partial charge in [-0.05, 0) is 97.9 Å². The molecule has 0 atom stereocenters. The van der Waals surface area contributed by atoms with Crippen LogP contribution >= 0.6 is 0 Å². The molecule has 2 aliphatic rings. The van der Waals surface area contributed by atoms with E-state index in [0.29, 0.717) is 5.92 Å². The molecule has 4 rings (SSSR count). The van der Waals surface area contributed by atoms with E-state index >= 15 is 0 Å². The van der Waals surface area contributed by atoms with Crippen molar-refractivity contribution in [2.24, 2.45) is 5.92 Å². The van der Waals surface area contributed by atoms with Crippen molar-refractivity contribution in [1.29, 1.82) is 5.26 Å². The fourth-order valence-corrected chi connectivity index (χ4v) is 5.88. The molecule has 0 aromatic heterocycles. The first-order valence-corrected chi connectivity index (χ1v) is 13.2. The molecule has 1 fully saturated rings. The zero-order chi connectivity index (χ0) is 26.6. The third kappa shape index (κ3) is 6.38. The lowest BCUT2D eigenvalue weighted by molar-refractivity contribution is -0.137. The molecule has 0 spiro atoms. The summed E-state index contributed by atoms with van der Waals surface area (Å²) in [6, 6.07) is 9.12. The predicted molar refractivity (Wildman–Crippen MR) is 136 cm³/mol. The van der Waals surface area contributed by atoms with E-state index in [0.717, 1.165) is 62.2 Å². The number of hydrogen-bond donors (Lipinski definition) is 1. The largest absolute Gasteiger partial charge is 0.465 e. The lowest BCUT2D eigenvalue weighted by Crippen LogP contribution is -2.33. The van der Waals surface area contributed by atoms with Crippen molar-refractivity contribution in [2.45, 2.75) is 77.6 Å². The summed E-state index contributed by atoms with van der Waals surface area (Å²) in [4.78, 5) is 15.9. The first-order chi connectivity index (χ1) is 17.7. The lowest BCUT2D eigenvalue weighted by Gasteiger charge is -2.33. The zero-order valence-electron chi connectivity index (χ0n) is 21.3. The molecule has 5 nitrogen and oxygen atoms in total. The van der Waals surface area contributed by atoms with Gasteiger partial charge in [0.15, 0.2) is 0 Å². The Morgan fingerprint density at radius 1 is 1.08 bits per heavy atom. The molecule has 2 aromatic carbocycles. The maximum Gasteiger partial charge on any atom is 0.416 e. The third-order valence-electron chi connectivity index (χ3n) is 7.74. The van der Waals surface area contributed by atoms with Gasteiger partial charge in [0.25, 0.3) is 0 Å². The minimum atomic E-state index is -4.62. The van der Waals surface area contributed by atoms with E-state index in [1.165, 1.54) is 47.8 Å². The molecule has 0 bridgehead atoms. The maximum absolute atomic E-state index is 13.4. The Hall–Kier alpha value is -3.21. The van der Waals surface area contributed by atoms with E-state index < -0.39 is 17.8 Å². The van der Waals surface area contributed by atoms with E-state index in [1.807, 2.05) is 0 Å². The van der Waals surface area contributed by atoms with Gasteiger partial charge in [0.05, 0.1) is 23.7 Å². The zero-order valence-corrected chi connectivity index (χ0v) is 21.3. The van der Waals surface area contributed by atoms with Crippen molar-refractivity contribution < 1.29 is 23.1 Å². The average Bonchev–Trinajstić information content (AvgIpc) is 3.39. The SMILES string of the molecule is CCN(CC1CCCC1)c1ccc2c(c1CN(Cc1cc(C#N)cc(C(F)(F)F)c1)C(=O)O)CCCC2. The average molecular weight is 514 g/mol. The number of alkyl halides is 3. The van der Waals surface area contributed by atoms with Gasteiger partial charge in [-0.3, -0.25) is 4.90 Å². The molecule has 0 saturated heterocycles. The normalized spacial score (nSPS) is 15.8. The third-order valence-corrected chi connectivity index (χ3v) is 7.74. The summed E-state index contributed by atoms with van der Waals surface area (Å²) in [7, 11) is 0. The number of aryl methyl sites for hydroxylation is 1. The van der Waals surface area contributed by atoms with Crippen LogP contribution in [0.5, 0.6) is 0 Å². The number of fused-ring (bicyclic) bond motifs is 1. The Morgan fingerprint density at radius 2 is 1.81 bits per heavy atom. The molecular formula is C29H34F3N3O2. The minimum absolute atomic E-state index is 0.0904. The van der Waals surface area contributed by atoms with Crippen LogP contribution in [-0.4, -0.2) is 29.2 Å². The Kier molecular flexibility index (Phi) is 8.31. The number of nitrogens with zero attached hydrogens (tertiary/aromatic N) is 3. The van der Waals surface area contributed by atoms with Crippen molar-refractivity contribution in [3.05, 3.63) is 63.7 Å². The van der Waals surface area contributed by atoms with Gasteiger partial charge in [0.2, 0.25) is 0 Å². The molecule has 1 saturated carbocycles. The summed E-state index contributed by atoms with van der Waals surface area (Å²) in [6.45, 7) is 3.70. The molecule has 0 unspecified atom stereocenters. The molecule has 37 heavy (non-hydrogen) atoms. The molecule has 198 valence electrons. The number of nitriles is 1. The molecule has 2 aromatic rings. The first kappa shape index (κ1) is 26.8. The Morgan fingerprint density at radius 3 is 2.46 bits per heavy atom. The number of carbonyl (C=O) groups is 1. The number of hydrogen-bond acceptors (Lipinski definition) is 3. The number of amides is 1. The van der Waals surface area contributed by atoms with Gasteiger partial charge in [0.1, 0.15) is 0 Å². The summed E-state index contributed by atoms with van der Waals surface area (Å²) >= 11 is 0. The maximum atomic E-state index is 13.4. The second-order valence-electron chi connectivity index (χ2n) is 10.3. The van der Waals surface area contributed by atoms with Crippen molar-refractivity contribution in [3.63, 3.8) is 0 Å². The van der Waals surface area contributed by atoms with Crippen LogP contribution in [0.4, 0.5) is 23.7 Å². The number of benzene rings is 2. The van der Waals surface area contributed by atoms with E-state index in [-0.39, 0.29) is 24.2 Å². The standard InChI is InChI=1S/C29H34F3N3O2/c1-2-34(17-20-7-3-4-8-20)27-12-11-23-9-5-6-10-25(23)26(27)19-35(28(36)37)18-22-13-21(16-33)14-24(15-22)29(30,31)32/h11-15,20H,2-10,17-19H2,1H3,(H,36,37). The molecule has 2 aliphatic carbocycles. The van der Waals surface area contributed by atoms with Crippen LogP contribution in [0.25, 0.3) is 0 Å². The van der Waals surface area contributed by atoms with Gasteiger partial charge in [0, 0.05) is 25.3 Å². The van der Waals surface area contributed by atoms with Crippen molar-refractivity contribution in [2.75, 3.05) is 18.0 Å². The highest BCUT2D eigenvalue weighted by atomic mass is 19.4. The van der Waals surface area contributed by atoms with Gasteiger partial charge in [-0.15, -0.1) is 0 Å². The van der Waals surface area contributed by atoms with Gasteiger partial charge in [-0.1, -0.05) is 18.9 Å². The van der Waals surface area contributed by atoms with Gasteiger partial charge in [-0.2, -0.15) is 18.4 Å². The molecule has 1 N–H and O–H groups in total. The van der Waals surface area contributed by atoms with Crippen LogP contribution in [-0.2, 0) is 32.1 Å². The van der Waals surface area contributed by atoms with E-state index in [2.05, 4.69) is 24.0 Å². The number of anilines is 1. The van der Waals surface area contributed by atoms with Crippen molar-refractivity contribution >= 4 is 11.8 Å². The van der Waals surface area contributed by atoms with Crippen LogP contribution in [0.2, 0.25) is 0 Å². The van der Waals surface area contributed by atoms with E-state index in [1.54, 1.807) is 6.07 Å². The fraction of sp³-hybridized carbons (Fsp3) is 0.517. The van der Waals surface area contributed by atoms with E-state index in [9.17, 15) is 28.3 Å². The fourth-order valence-electron chi connectivity index (χ4n) is 5.88. The van der Waals surface area contributed by atoms with Crippen LogP contribution < -0.4 is 4.90 Å². The van der Waals surface area contributed by atoms with Gasteiger partial charge in [-0.25, -0.2) is 4.79 Å². The monoisotopic (exact) mass is 513 g/mol. The van der Waals surface area contributed by atoms with E-state index in [4.69, 9.17) is 0 Å². The highest BCUT2D eigenvalue weighted by Crippen LogP contribution is 2.36. The molecule has 0 heterocycles. The van der Waals surface area contributed by atoms with Gasteiger partial charge >= 0.3 is 12.3 Å². The predicted octanol–water partition coefficient (Wildman–Crippen LogP) is 7.15. The Balaban J connectivity index is 1.70. The van der Waals surface area contributed by atoms with Crippen LogP contribution in [0.3, 0.4) is 0 Å². The van der Waals surface area contributed by atoms with Crippen LogP contribution in [0, 0.1) is 17.2 Å². The first-order valence-electron chi connectivity index (χ1n) is 13.2. The summed E-state index contributed by atoms with van der Waals surface area (Å²) in [5, 5.41) is 19.3. The molecule has 0 radical (unpaired) electrons. The second-order valence-corrected chi connectivity index (χ2v) is 10.3. The number of rotatable bonds is 8. The highest BCUT2D eigenvalue weighted by molar-refractivity contribution is 5.67. The summed E-state index contributed by atoms with van der Waals surface area (Å²) < 4.78 is 40.3. The minimum Gasteiger partial charge on any atom is -0.465 e. The highest BCUT2D eigenvalue weighted by Gasteiger charge is 2.32. The van der Waals surface area contributed by atoms with Crippen molar-refractivity contribution in [1.82, 2.24) is 4.90 Å². The number of halogens is 3. The molecule has 8 heteroatoms. The van der Waals surface area contributed by atoms with Crippen molar-refractivity contribution in [3.8, 4) is 6.07 Å². The Labute approximate surface area is 216 Å². The Bertz CT molecular complexity index is 1170. The molecule has 1 amide bonds. The van der Waals surface area contributed by atoms with Crippen LogP contribution in [0.15, 0.2) is 30.3 Å². The topological polar surface area (TPSA) is 67.6 Å². The molecular weight excluding hydrogens is 479 g/mol. The van der Waals surface area contributed by atoms with Crippen LogP contribution in [0.1, 0.15) is 78.8 Å². The quantitative estimate of drug-likeness (QED) is 0.407.